The van der Waals surface area contributed by atoms with Crippen molar-refractivity contribution in [2.75, 3.05) is 19.0 Å². The smallest absolute Gasteiger partial charge is 0.407 e. The number of carboxylic acid groups (broad SMARTS) is 1. The number of ether oxygens (including phenoxy) is 2. The van der Waals surface area contributed by atoms with Gasteiger partial charge in [0.05, 0.1) is 18.4 Å². The molecule has 128 valence electrons. The molecule has 0 aliphatic carbocycles. The van der Waals surface area contributed by atoms with Gasteiger partial charge < -0.3 is 25.2 Å². The topological polar surface area (TPSA) is 96.9 Å². The summed E-state index contributed by atoms with van der Waals surface area (Å²) in [4.78, 5) is 22.7. The number of carbonyl (C=O) groups is 2. The second-order valence-electron chi connectivity index (χ2n) is 6.15. The molecule has 0 aliphatic heterocycles. The second kappa shape index (κ2) is 7.71. The monoisotopic (exact) mass is 324 g/mol. The molecule has 1 amide bonds. The third kappa shape index (κ3) is 6.46. The number of hydrogen-bond donors (Lipinski definition) is 3. The van der Waals surface area contributed by atoms with Crippen LogP contribution in [0.25, 0.3) is 0 Å². The van der Waals surface area contributed by atoms with Crippen molar-refractivity contribution in [3.63, 3.8) is 0 Å². The molecular formula is C16H24N2O5. The number of hydrogen-bond acceptors (Lipinski definition) is 5. The average Bonchev–Trinajstić information content (AvgIpc) is 2.43. The SMILES string of the molecule is COc1ccc(C(=O)O)cc1NC(C)CNC(=O)OC(C)(C)C. The van der Waals surface area contributed by atoms with Crippen LogP contribution in [0.15, 0.2) is 18.2 Å². The number of amides is 1. The van der Waals surface area contributed by atoms with Crippen LogP contribution in [0, 0.1) is 0 Å². The molecule has 1 unspecified atom stereocenters. The number of rotatable bonds is 6. The minimum atomic E-state index is -1.02. The van der Waals surface area contributed by atoms with Crippen LogP contribution in [0.5, 0.6) is 5.75 Å². The molecular weight excluding hydrogens is 300 g/mol. The first-order valence-electron chi connectivity index (χ1n) is 7.27. The summed E-state index contributed by atoms with van der Waals surface area (Å²) in [6, 6.07) is 4.39. The number of anilines is 1. The minimum Gasteiger partial charge on any atom is -0.495 e. The normalized spacial score (nSPS) is 12.2. The number of aromatic carboxylic acids is 1. The van der Waals surface area contributed by atoms with Crippen molar-refractivity contribution in [3.05, 3.63) is 23.8 Å². The van der Waals surface area contributed by atoms with Crippen molar-refractivity contribution in [1.29, 1.82) is 0 Å². The van der Waals surface area contributed by atoms with E-state index in [9.17, 15) is 9.59 Å². The summed E-state index contributed by atoms with van der Waals surface area (Å²) in [7, 11) is 1.50. The van der Waals surface area contributed by atoms with E-state index in [2.05, 4.69) is 10.6 Å². The molecule has 0 radical (unpaired) electrons. The molecule has 1 aromatic carbocycles. The highest BCUT2D eigenvalue weighted by atomic mass is 16.6. The third-order valence-corrected chi connectivity index (χ3v) is 2.80. The zero-order chi connectivity index (χ0) is 17.6. The Morgan fingerprint density at radius 1 is 1.30 bits per heavy atom. The lowest BCUT2D eigenvalue weighted by Gasteiger charge is -2.22. The van der Waals surface area contributed by atoms with Crippen LogP contribution in [0.1, 0.15) is 38.1 Å². The number of carbonyl (C=O) groups excluding carboxylic acids is 1. The summed E-state index contributed by atoms with van der Waals surface area (Å²) < 4.78 is 10.4. The minimum absolute atomic E-state index is 0.152. The number of methoxy groups -OCH3 is 1. The lowest BCUT2D eigenvalue weighted by molar-refractivity contribution is 0.0525. The highest BCUT2D eigenvalue weighted by molar-refractivity contribution is 5.89. The molecule has 0 heterocycles. The fourth-order valence-electron chi connectivity index (χ4n) is 1.82. The maximum atomic E-state index is 11.6. The fraction of sp³-hybridized carbons (Fsp3) is 0.500. The molecule has 0 aromatic heterocycles. The Morgan fingerprint density at radius 3 is 2.48 bits per heavy atom. The third-order valence-electron chi connectivity index (χ3n) is 2.80. The van der Waals surface area contributed by atoms with Gasteiger partial charge in [0.2, 0.25) is 0 Å². The van der Waals surface area contributed by atoms with Crippen LogP contribution in [0.4, 0.5) is 10.5 Å². The Hall–Kier alpha value is -2.44. The van der Waals surface area contributed by atoms with Gasteiger partial charge in [0, 0.05) is 12.6 Å². The summed E-state index contributed by atoms with van der Waals surface area (Å²) in [6.45, 7) is 7.53. The van der Waals surface area contributed by atoms with Gasteiger partial charge in [-0.15, -0.1) is 0 Å². The Kier molecular flexibility index (Phi) is 6.24. The standard InChI is InChI=1S/C16H24N2O5/c1-10(9-17-15(21)23-16(2,3)4)18-12-8-11(14(19)20)6-7-13(12)22-5/h6-8,10,18H,9H2,1-5H3,(H,17,21)(H,19,20). The Bertz CT molecular complexity index is 566. The Morgan fingerprint density at radius 2 is 1.96 bits per heavy atom. The summed E-state index contributed by atoms with van der Waals surface area (Å²) >= 11 is 0. The molecule has 0 spiro atoms. The van der Waals surface area contributed by atoms with Crippen LogP contribution in [-0.4, -0.2) is 42.5 Å². The van der Waals surface area contributed by atoms with E-state index < -0.39 is 17.7 Å². The zero-order valence-corrected chi connectivity index (χ0v) is 14.1. The van der Waals surface area contributed by atoms with E-state index in [-0.39, 0.29) is 11.6 Å². The summed E-state index contributed by atoms with van der Waals surface area (Å²) in [6.07, 6.45) is -0.502. The molecule has 1 rings (SSSR count). The van der Waals surface area contributed by atoms with Gasteiger partial charge in [-0.25, -0.2) is 9.59 Å². The first-order chi connectivity index (χ1) is 10.6. The number of nitrogens with one attached hydrogen (secondary N) is 2. The summed E-state index contributed by atoms with van der Waals surface area (Å²) in [5.41, 5.74) is 0.145. The van der Waals surface area contributed by atoms with Gasteiger partial charge in [0.15, 0.2) is 0 Å². The molecule has 7 nitrogen and oxygen atoms in total. The summed E-state index contributed by atoms with van der Waals surface area (Å²) in [5.74, 6) is -0.491. The number of alkyl carbamates (subject to hydrolysis) is 1. The molecule has 1 atom stereocenters. The van der Waals surface area contributed by atoms with E-state index >= 15 is 0 Å². The van der Waals surface area contributed by atoms with Gasteiger partial charge >= 0.3 is 12.1 Å². The van der Waals surface area contributed by atoms with Crippen LogP contribution in [0.3, 0.4) is 0 Å². The van der Waals surface area contributed by atoms with Crippen LogP contribution in [-0.2, 0) is 4.74 Å². The molecule has 0 bridgehead atoms. The lowest BCUT2D eigenvalue weighted by atomic mass is 10.1. The van der Waals surface area contributed by atoms with Gasteiger partial charge in [-0.05, 0) is 45.9 Å². The lowest BCUT2D eigenvalue weighted by Crippen LogP contribution is -2.38. The quantitative estimate of drug-likeness (QED) is 0.744. The zero-order valence-electron chi connectivity index (χ0n) is 14.1. The van der Waals surface area contributed by atoms with Crippen LogP contribution < -0.4 is 15.4 Å². The maximum absolute atomic E-state index is 11.6. The summed E-state index contributed by atoms with van der Waals surface area (Å²) in [5, 5.41) is 14.8. The van der Waals surface area contributed by atoms with E-state index in [4.69, 9.17) is 14.6 Å². The van der Waals surface area contributed by atoms with E-state index in [1.165, 1.54) is 19.2 Å². The first kappa shape index (κ1) is 18.6. The van der Waals surface area contributed by atoms with E-state index in [0.717, 1.165) is 0 Å². The molecule has 0 aliphatic rings. The highest BCUT2D eigenvalue weighted by Crippen LogP contribution is 2.26. The van der Waals surface area contributed by atoms with E-state index in [1.807, 2.05) is 6.92 Å². The van der Waals surface area contributed by atoms with Crippen molar-refractivity contribution < 1.29 is 24.2 Å². The number of benzene rings is 1. The Labute approximate surface area is 136 Å². The van der Waals surface area contributed by atoms with Crippen molar-refractivity contribution in [1.82, 2.24) is 5.32 Å². The van der Waals surface area contributed by atoms with E-state index in [0.29, 0.717) is 18.0 Å². The molecule has 0 saturated carbocycles. The molecule has 0 fully saturated rings. The molecule has 0 saturated heterocycles. The van der Waals surface area contributed by atoms with Crippen molar-refractivity contribution in [2.45, 2.75) is 39.3 Å². The van der Waals surface area contributed by atoms with Crippen molar-refractivity contribution in [3.8, 4) is 5.75 Å². The molecule has 23 heavy (non-hydrogen) atoms. The second-order valence-corrected chi connectivity index (χ2v) is 6.15. The first-order valence-corrected chi connectivity index (χ1v) is 7.27. The fourth-order valence-corrected chi connectivity index (χ4v) is 1.82. The van der Waals surface area contributed by atoms with Crippen LogP contribution in [0.2, 0.25) is 0 Å². The van der Waals surface area contributed by atoms with Crippen molar-refractivity contribution in [2.24, 2.45) is 0 Å². The maximum Gasteiger partial charge on any atom is 0.407 e. The predicted octanol–water partition coefficient (Wildman–Crippen LogP) is 2.72. The number of carboxylic acids is 1. The van der Waals surface area contributed by atoms with Gasteiger partial charge in [-0.1, -0.05) is 0 Å². The van der Waals surface area contributed by atoms with E-state index in [1.54, 1.807) is 26.8 Å². The van der Waals surface area contributed by atoms with Gasteiger partial charge in [0.1, 0.15) is 11.4 Å². The Balaban J connectivity index is 2.66. The van der Waals surface area contributed by atoms with Gasteiger partial charge in [-0.2, -0.15) is 0 Å². The largest absolute Gasteiger partial charge is 0.495 e. The predicted molar refractivity (Wildman–Crippen MR) is 87.3 cm³/mol. The average molecular weight is 324 g/mol. The van der Waals surface area contributed by atoms with Gasteiger partial charge in [-0.3, -0.25) is 0 Å². The van der Waals surface area contributed by atoms with Crippen LogP contribution >= 0.6 is 0 Å². The molecule has 1 aromatic rings. The van der Waals surface area contributed by atoms with Gasteiger partial charge in [0.25, 0.3) is 0 Å². The highest BCUT2D eigenvalue weighted by Gasteiger charge is 2.17. The van der Waals surface area contributed by atoms with Crippen molar-refractivity contribution >= 4 is 17.7 Å². The molecule has 3 N–H and O–H groups in total. The molecule has 7 heteroatoms.